The van der Waals surface area contributed by atoms with Crippen molar-refractivity contribution in [3.63, 3.8) is 0 Å². The van der Waals surface area contributed by atoms with E-state index >= 15 is 0 Å². The highest BCUT2D eigenvalue weighted by atomic mass is 79.9. The van der Waals surface area contributed by atoms with Crippen molar-refractivity contribution in [2.45, 2.75) is 0 Å². The summed E-state index contributed by atoms with van der Waals surface area (Å²) in [4.78, 5) is 12.1. The van der Waals surface area contributed by atoms with E-state index in [0.29, 0.717) is 27.8 Å². The predicted molar refractivity (Wildman–Crippen MR) is 55.2 cm³/mol. The van der Waals surface area contributed by atoms with Crippen LogP contribution in [0.1, 0.15) is 0 Å². The molecule has 0 aliphatic heterocycles. The minimum atomic E-state index is 0.359. The normalized spacial score (nSPS) is 10.8. The maximum Gasteiger partial charge on any atom is 0.249 e. The van der Waals surface area contributed by atoms with E-state index in [2.05, 4.69) is 30.9 Å². The van der Waals surface area contributed by atoms with E-state index in [9.17, 15) is 0 Å². The molecule has 0 aromatic carbocycles. The lowest BCUT2D eigenvalue weighted by atomic mass is 10.4. The van der Waals surface area contributed by atoms with Crippen LogP contribution in [-0.4, -0.2) is 15.0 Å². The van der Waals surface area contributed by atoms with Crippen molar-refractivity contribution in [1.29, 1.82) is 0 Å². The van der Waals surface area contributed by atoms with Crippen LogP contribution in [-0.2, 0) is 0 Å². The van der Waals surface area contributed by atoms with E-state index in [4.69, 9.17) is 13.3 Å². The number of rotatable bonds is 2. The Morgan fingerprint density at radius 3 is 2.44 bits per heavy atom. The molecule has 0 fully saturated rings. The van der Waals surface area contributed by atoms with Gasteiger partial charge in [0.1, 0.15) is 23.4 Å². The topological polar surface area (TPSA) is 78.1 Å². The SMILES string of the molecule is Brc1coc(-c2coc(-c3cocn3)n2)n1. The van der Waals surface area contributed by atoms with Gasteiger partial charge in [-0.3, -0.25) is 0 Å². The minimum Gasteiger partial charge on any atom is -0.451 e. The van der Waals surface area contributed by atoms with Crippen molar-refractivity contribution in [2.24, 2.45) is 0 Å². The summed E-state index contributed by atoms with van der Waals surface area (Å²) >= 11 is 3.18. The molecule has 6 nitrogen and oxygen atoms in total. The zero-order chi connectivity index (χ0) is 11.0. The maximum atomic E-state index is 5.22. The van der Waals surface area contributed by atoms with Crippen LogP contribution in [0.15, 0.2) is 43.0 Å². The van der Waals surface area contributed by atoms with E-state index in [1.54, 1.807) is 0 Å². The number of hydrogen-bond acceptors (Lipinski definition) is 6. The molecule has 3 aromatic heterocycles. The fourth-order valence-corrected chi connectivity index (χ4v) is 1.43. The van der Waals surface area contributed by atoms with Crippen LogP contribution in [0.5, 0.6) is 0 Å². The Labute approximate surface area is 97.5 Å². The largest absolute Gasteiger partial charge is 0.451 e. The Morgan fingerprint density at radius 2 is 1.75 bits per heavy atom. The third kappa shape index (κ3) is 1.54. The van der Waals surface area contributed by atoms with Gasteiger partial charge in [0.25, 0.3) is 0 Å². The number of halogens is 1. The number of hydrogen-bond donors (Lipinski definition) is 0. The van der Waals surface area contributed by atoms with Gasteiger partial charge in [0, 0.05) is 0 Å². The molecule has 0 N–H and O–H groups in total. The molecule has 0 bridgehead atoms. The Morgan fingerprint density at radius 1 is 0.938 bits per heavy atom. The highest BCUT2D eigenvalue weighted by Gasteiger charge is 2.14. The number of aromatic nitrogens is 3. The molecular weight excluding hydrogens is 278 g/mol. The molecule has 3 rings (SSSR count). The Hall–Kier alpha value is -1.89. The monoisotopic (exact) mass is 281 g/mol. The fourth-order valence-electron chi connectivity index (χ4n) is 1.18. The first-order chi connectivity index (χ1) is 7.83. The van der Waals surface area contributed by atoms with Gasteiger partial charge in [-0.2, -0.15) is 0 Å². The van der Waals surface area contributed by atoms with Gasteiger partial charge in [0.05, 0.1) is 0 Å². The van der Waals surface area contributed by atoms with Crippen LogP contribution < -0.4 is 0 Å². The molecule has 0 unspecified atom stereocenters. The van der Waals surface area contributed by atoms with Crippen LogP contribution in [0.4, 0.5) is 0 Å². The highest BCUT2D eigenvalue weighted by Crippen LogP contribution is 2.24. The lowest BCUT2D eigenvalue weighted by Gasteiger charge is -1.83. The molecule has 0 atom stereocenters. The summed E-state index contributed by atoms with van der Waals surface area (Å²) in [5.41, 5.74) is 1.03. The average Bonchev–Trinajstić information content (AvgIpc) is 2.97. The molecule has 0 spiro atoms. The van der Waals surface area contributed by atoms with Crippen molar-refractivity contribution in [3.8, 4) is 23.2 Å². The van der Waals surface area contributed by atoms with Crippen LogP contribution in [0.3, 0.4) is 0 Å². The smallest absolute Gasteiger partial charge is 0.249 e. The second-order valence-corrected chi connectivity index (χ2v) is 3.70. The lowest BCUT2D eigenvalue weighted by molar-refractivity contribution is 0.553. The van der Waals surface area contributed by atoms with Crippen molar-refractivity contribution < 1.29 is 13.3 Å². The molecule has 0 aliphatic carbocycles. The first kappa shape index (κ1) is 9.34. The van der Waals surface area contributed by atoms with Gasteiger partial charge in [0.15, 0.2) is 17.8 Å². The molecular formula is C9H4BrN3O3. The molecule has 0 radical (unpaired) electrons. The molecule has 7 heteroatoms. The van der Waals surface area contributed by atoms with Crippen molar-refractivity contribution in [1.82, 2.24) is 15.0 Å². The first-order valence-corrected chi connectivity index (χ1v) is 5.08. The molecule has 80 valence electrons. The Bertz CT molecular complexity index is 599. The second kappa shape index (κ2) is 3.60. The zero-order valence-corrected chi connectivity index (χ0v) is 9.34. The van der Waals surface area contributed by atoms with Gasteiger partial charge in [0.2, 0.25) is 11.8 Å². The summed E-state index contributed by atoms with van der Waals surface area (Å²) in [7, 11) is 0. The molecule has 16 heavy (non-hydrogen) atoms. The highest BCUT2D eigenvalue weighted by molar-refractivity contribution is 9.10. The zero-order valence-electron chi connectivity index (χ0n) is 7.75. The fraction of sp³-hybridized carbons (Fsp3) is 0. The number of oxazole rings is 3. The van der Waals surface area contributed by atoms with Gasteiger partial charge in [-0.25, -0.2) is 15.0 Å². The van der Waals surface area contributed by atoms with Gasteiger partial charge >= 0.3 is 0 Å². The van der Waals surface area contributed by atoms with Crippen LogP contribution in [0.2, 0.25) is 0 Å². The van der Waals surface area contributed by atoms with Crippen LogP contribution >= 0.6 is 15.9 Å². The van der Waals surface area contributed by atoms with E-state index in [1.807, 2.05) is 0 Å². The molecule has 3 aromatic rings. The Kier molecular flexibility index (Phi) is 2.10. The Balaban J connectivity index is 2.00. The standard InChI is InChI=1S/C9H4BrN3O3/c10-7-3-16-9(13-7)6-2-15-8(12-6)5-1-14-4-11-5/h1-4H. The molecule has 0 aliphatic rings. The summed E-state index contributed by atoms with van der Waals surface area (Å²) in [6, 6.07) is 0. The summed E-state index contributed by atoms with van der Waals surface area (Å²) in [5.74, 6) is 0.739. The molecule has 3 heterocycles. The minimum absolute atomic E-state index is 0.359. The third-order valence-corrected chi connectivity index (χ3v) is 2.22. The summed E-state index contributed by atoms with van der Waals surface area (Å²) in [5, 5.41) is 0. The predicted octanol–water partition coefficient (Wildman–Crippen LogP) is 2.75. The van der Waals surface area contributed by atoms with Gasteiger partial charge in [-0.15, -0.1) is 0 Å². The van der Waals surface area contributed by atoms with Gasteiger partial charge in [-0.05, 0) is 15.9 Å². The molecule has 0 saturated heterocycles. The van der Waals surface area contributed by atoms with E-state index < -0.39 is 0 Å². The number of nitrogens with zero attached hydrogens (tertiary/aromatic N) is 3. The van der Waals surface area contributed by atoms with E-state index in [0.717, 1.165) is 0 Å². The second-order valence-electron chi connectivity index (χ2n) is 2.89. The van der Waals surface area contributed by atoms with Crippen molar-refractivity contribution >= 4 is 15.9 Å². The first-order valence-electron chi connectivity index (χ1n) is 4.28. The van der Waals surface area contributed by atoms with E-state index in [-0.39, 0.29) is 0 Å². The van der Waals surface area contributed by atoms with E-state index in [1.165, 1.54) is 25.2 Å². The summed E-state index contributed by atoms with van der Waals surface area (Å²) in [6.07, 6.45) is 5.67. The van der Waals surface area contributed by atoms with Crippen molar-refractivity contribution in [3.05, 3.63) is 29.8 Å². The van der Waals surface area contributed by atoms with Gasteiger partial charge in [-0.1, -0.05) is 0 Å². The third-order valence-electron chi connectivity index (χ3n) is 1.85. The summed E-state index contributed by atoms with van der Waals surface area (Å²) < 4.78 is 15.8. The molecule has 0 amide bonds. The lowest BCUT2D eigenvalue weighted by Crippen LogP contribution is -1.79. The maximum absolute atomic E-state index is 5.22. The van der Waals surface area contributed by atoms with Crippen LogP contribution in [0.25, 0.3) is 23.2 Å². The summed E-state index contributed by atoms with van der Waals surface area (Å²) in [6.45, 7) is 0. The van der Waals surface area contributed by atoms with Crippen molar-refractivity contribution in [2.75, 3.05) is 0 Å². The van der Waals surface area contributed by atoms with Crippen LogP contribution in [0, 0.1) is 0 Å². The average molecular weight is 282 g/mol. The quantitative estimate of drug-likeness (QED) is 0.719. The molecule has 0 saturated carbocycles. The van der Waals surface area contributed by atoms with Gasteiger partial charge < -0.3 is 13.3 Å².